The van der Waals surface area contributed by atoms with Crippen molar-refractivity contribution < 1.29 is 14.7 Å². The molecule has 5 aromatic rings. The van der Waals surface area contributed by atoms with E-state index in [2.05, 4.69) is 58.5 Å². The van der Waals surface area contributed by atoms with Gasteiger partial charge in [-0.3, -0.25) is 4.79 Å². The highest BCUT2D eigenvalue weighted by molar-refractivity contribution is 5.90. The molecule has 0 saturated carbocycles. The summed E-state index contributed by atoms with van der Waals surface area (Å²) >= 11 is 0. The minimum Gasteiger partial charge on any atom is -0.480 e. The van der Waals surface area contributed by atoms with Crippen molar-refractivity contribution in [2.75, 3.05) is 7.05 Å². The zero-order valence-electron chi connectivity index (χ0n) is 20.7. The summed E-state index contributed by atoms with van der Waals surface area (Å²) in [6.45, 7) is 0. The minimum absolute atomic E-state index is 0.135. The van der Waals surface area contributed by atoms with Crippen molar-refractivity contribution in [3.63, 3.8) is 0 Å². The van der Waals surface area contributed by atoms with Crippen LogP contribution in [0.4, 0.5) is 0 Å². The van der Waals surface area contributed by atoms with Gasteiger partial charge in [-0.2, -0.15) is 0 Å². The fourth-order valence-electron chi connectivity index (χ4n) is 5.15. The number of fused-ring (bicyclic) bond motifs is 2. The van der Waals surface area contributed by atoms with Crippen LogP contribution < -0.4 is 0 Å². The van der Waals surface area contributed by atoms with Gasteiger partial charge >= 0.3 is 5.97 Å². The molecule has 6 nitrogen and oxygen atoms in total. The molecule has 6 heteroatoms. The fourth-order valence-corrected chi connectivity index (χ4v) is 5.15. The summed E-state index contributed by atoms with van der Waals surface area (Å²) in [5.41, 5.74) is 2.75. The molecular formula is C31H29N3O3. The SMILES string of the molecule is CN(C(=O)C(Cc1cccc2ccccc12)Cc1cccc2ccccc12)C(Cc1c[nH]cn1)C(=O)O. The zero-order chi connectivity index (χ0) is 25.8. The van der Waals surface area contributed by atoms with E-state index in [4.69, 9.17) is 0 Å². The van der Waals surface area contributed by atoms with E-state index >= 15 is 0 Å². The number of aromatic amines is 1. The van der Waals surface area contributed by atoms with Crippen LogP contribution in [0, 0.1) is 5.92 Å². The molecule has 186 valence electrons. The summed E-state index contributed by atoms with van der Waals surface area (Å²) in [5, 5.41) is 14.5. The van der Waals surface area contributed by atoms with E-state index < -0.39 is 17.9 Å². The molecular weight excluding hydrogens is 462 g/mol. The molecule has 37 heavy (non-hydrogen) atoms. The van der Waals surface area contributed by atoms with Crippen LogP contribution in [0.2, 0.25) is 0 Å². The number of H-pyrrole nitrogens is 1. The molecule has 1 amide bonds. The smallest absolute Gasteiger partial charge is 0.326 e. The van der Waals surface area contributed by atoms with E-state index in [1.165, 1.54) is 11.2 Å². The van der Waals surface area contributed by atoms with Crippen molar-refractivity contribution in [2.45, 2.75) is 25.3 Å². The Morgan fingerprint density at radius 1 is 0.811 bits per heavy atom. The van der Waals surface area contributed by atoms with Crippen molar-refractivity contribution in [3.8, 4) is 0 Å². The lowest BCUT2D eigenvalue weighted by molar-refractivity contribution is -0.150. The number of aromatic nitrogens is 2. The number of carboxylic acids is 1. The normalized spacial score (nSPS) is 12.2. The molecule has 1 heterocycles. The summed E-state index contributed by atoms with van der Waals surface area (Å²) in [6.07, 6.45) is 4.32. The number of imidazole rings is 1. The van der Waals surface area contributed by atoms with Gasteiger partial charge in [-0.15, -0.1) is 0 Å². The lowest BCUT2D eigenvalue weighted by Gasteiger charge is -2.29. The first-order valence-corrected chi connectivity index (χ1v) is 12.4. The van der Waals surface area contributed by atoms with Gasteiger partial charge in [0.2, 0.25) is 5.91 Å². The molecule has 5 rings (SSSR count). The molecule has 0 aliphatic rings. The van der Waals surface area contributed by atoms with E-state index in [9.17, 15) is 14.7 Å². The second-order valence-corrected chi connectivity index (χ2v) is 9.45. The van der Waals surface area contributed by atoms with Gasteiger partial charge in [-0.05, 0) is 45.5 Å². The predicted octanol–water partition coefficient (Wildman–Crippen LogP) is 5.27. The van der Waals surface area contributed by atoms with Crippen LogP contribution in [-0.2, 0) is 28.9 Å². The van der Waals surface area contributed by atoms with E-state index in [-0.39, 0.29) is 12.3 Å². The Kier molecular flexibility index (Phi) is 6.99. The third kappa shape index (κ3) is 5.23. The van der Waals surface area contributed by atoms with Crippen molar-refractivity contribution in [1.82, 2.24) is 14.9 Å². The summed E-state index contributed by atoms with van der Waals surface area (Å²) in [4.78, 5) is 34.7. The van der Waals surface area contributed by atoms with Crippen LogP contribution in [0.25, 0.3) is 21.5 Å². The number of aliphatic carboxylic acids is 1. The largest absolute Gasteiger partial charge is 0.480 e. The van der Waals surface area contributed by atoms with Gasteiger partial charge in [0.05, 0.1) is 12.0 Å². The van der Waals surface area contributed by atoms with Crippen LogP contribution in [-0.4, -0.2) is 44.9 Å². The van der Waals surface area contributed by atoms with Crippen molar-refractivity contribution in [3.05, 3.63) is 114 Å². The molecule has 1 unspecified atom stereocenters. The zero-order valence-corrected chi connectivity index (χ0v) is 20.7. The second kappa shape index (κ2) is 10.7. The fraction of sp³-hybridized carbons (Fsp3) is 0.194. The third-order valence-corrected chi connectivity index (χ3v) is 7.10. The van der Waals surface area contributed by atoms with Crippen LogP contribution in [0.3, 0.4) is 0 Å². The quantitative estimate of drug-likeness (QED) is 0.294. The monoisotopic (exact) mass is 491 g/mol. The average molecular weight is 492 g/mol. The van der Waals surface area contributed by atoms with Gasteiger partial charge in [0.25, 0.3) is 0 Å². The number of hydrogen-bond donors (Lipinski definition) is 2. The maximum Gasteiger partial charge on any atom is 0.326 e. The Balaban J connectivity index is 1.52. The molecule has 2 N–H and O–H groups in total. The maximum atomic E-state index is 14.0. The minimum atomic E-state index is -1.05. The highest BCUT2D eigenvalue weighted by atomic mass is 16.4. The second-order valence-electron chi connectivity index (χ2n) is 9.45. The molecule has 0 saturated heterocycles. The summed E-state index contributed by atoms with van der Waals surface area (Å²) in [6, 6.07) is 27.6. The number of hydrogen-bond acceptors (Lipinski definition) is 3. The number of benzene rings is 4. The molecule has 0 fully saturated rings. The number of carbonyl (C=O) groups excluding carboxylic acids is 1. The van der Waals surface area contributed by atoms with E-state index in [0.29, 0.717) is 18.5 Å². The highest BCUT2D eigenvalue weighted by Crippen LogP contribution is 2.27. The van der Waals surface area contributed by atoms with Crippen LogP contribution in [0.1, 0.15) is 16.8 Å². The number of nitrogens with one attached hydrogen (secondary N) is 1. The standard InChI is InChI=1S/C31H29N3O3/c1-34(29(31(36)37)18-26-19-32-20-33-26)30(35)25(16-23-12-6-10-21-8-2-4-14-27(21)23)17-24-13-7-11-22-9-3-5-15-28(22)24/h2-15,19-20,25,29H,16-18H2,1H3,(H,32,33)(H,36,37). The Labute approximate surface area is 215 Å². The molecule has 0 spiro atoms. The lowest BCUT2D eigenvalue weighted by Crippen LogP contribution is -2.47. The number of carboxylic acid groups (broad SMARTS) is 1. The molecule has 0 radical (unpaired) electrons. The first kappa shape index (κ1) is 24.3. The van der Waals surface area contributed by atoms with Crippen molar-refractivity contribution in [2.24, 2.45) is 5.92 Å². The molecule has 1 aromatic heterocycles. The summed E-state index contributed by atoms with van der Waals surface area (Å²) < 4.78 is 0. The van der Waals surface area contributed by atoms with Gasteiger partial charge in [0.15, 0.2) is 0 Å². The molecule has 4 aromatic carbocycles. The average Bonchev–Trinajstić information content (AvgIpc) is 3.44. The van der Waals surface area contributed by atoms with Crippen LogP contribution >= 0.6 is 0 Å². The number of nitrogens with zero attached hydrogens (tertiary/aromatic N) is 2. The first-order chi connectivity index (χ1) is 18.0. The number of carbonyl (C=O) groups is 2. The Bertz CT molecular complexity index is 1450. The Morgan fingerprint density at radius 3 is 1.86 bits per heavy atom. The van der Waals surface area contributed by atoms with E-state index in [0.717, 1.165) is 32.7 Å². The molecule has 0 bridgehead atoms. The van der Waals surface area contributed by atoms with Crippen LogP contribution in [0.15, 0.2) is 97.5 Å². The topological polar surface area (TPSA) is 86.3 Å². The van der Waals surface area contributed by atoms with Gasteiger partial charge in [-0.1, -0.05) is 84.9 Å². The highest BCUT2D eigenvalue weighted by Gasteiger charge is 2.32. The summed E-state index contributed by atoms with van der Waals surface area (Å²) in [5.74, 6) is -1.68. The lowest BCUT2D eigenvalue weighted by atomic mass is 9.87. The van der Waals surface area contributed by atoms with Gasteiger partial charge in [-0.25, -0.2) is 9.78 Å². The first-order valence-electron chi connectivity index (χ1n) is 12.4. The van der Waals surface area contributed by atoms with Gasteiger partial charge in [0.1, 0.15) is 6.04 Å². The Morgan fingerprint density at radius 2 is 1.35 bits per heavy atom. The maximum absolute atomic E-state index is 14.0. The number of amides is 1. The number of rotatable bonds is 9. The number of likely N-dealkylation sites (N-methyl/N-ethyl adjacent to an activating group) is 1. The predicted molar refractivity (Wildman–Crippen MR) is 145 cm³/mol. The van der Waals surface area contributed by atoms with E-state index in [1.807, 2.05) is 36.4 Å². The third-order valence-electron chi connectivity index (χ3n) is 7.10. The molecule has 1 atom stereocenters. The molecule has 0 aliphatic carbocycles. The Hall–Kier alpha value is -4.45. The molecule has 0 aliphatic heterocycles. The van der Waals surface area contributed by atoms with E-state index in [1.54, 1.807) is 13.2 Å². The van der Waals surface area contributed by atoms with Crippen molar-refractivity contribution >= 4 is 33.4 Å². The van der Waals surface area contributed by atoms with Crippen molar-refractivity contribution in [1.29, 1.82) is 0 Å². The van der Waals surface area contributed by atoms with Gasteiger partial charge < -0.3 is 15.0 Å². The summed E-state index contributed by atoms with van der Waals surface area (Å²) in [7, 11) is 1.59. The van der Waals surface area contributed by atoms with Gasteiger partial charge in [0, 0.05) is 25.6 Å². The van der Waals surface area contributed by atoms with Crippen LogP contribution in [0.5, 0.6) is 0 Å².